The van der Waals surface area contributed by atoms with Crippen molar-refractivity contribution >= 4 is 39.5 Å². The van der Waals surface area contributed by atoms with E-state index in [2.05, 4.69) is 48.5 Å². The predicted octanol–water partition coefficient (Wildman–Crippen LogP) is 26.5. The van der Waals surface area contributed by atoms with Gasteiger partial charge in [-0.15, -0.1) is 0 Å². The number of carbonyl (C=O) groups excluding carboxylic acids is 4. The van der Waals surface area contributed by atoms with E-state index in [0.717, 1.165) is 108 Å². The Hall–Kier alpha value is -1.94. The van der Waals surface area contributed by atoms with Crippen molar-refractivity contribution < 1.29 is 80.2 Å². The van der Waals surface area contributed by atoms with Crippen LogP contribution in [0.3, 0.4) is 0 Å². The number of aliphatic hydroxyl groups excluding tert-OH is 1. The number of ether oxygens (including phenoxy) is 4. The molecule has 0 aliphatic heterocycles. The molecule has 0 aromatic heterocycles. The lowest BCUT2D eigenvalue weighted by molar-refractivity contribution is -0.161. The number of hydrogen-bond acceptors (Lipinski definition) is 15. The van der Waals surface area contributed by atoms with E-state index in [1.165, 1.54) is 270 Å². The lowest BCUT2D eigenvalue weighted by atomic mass is 9.99. The summed E-state index contributed by atoms with van der Waals surface area (Å²) in [7, 11) is -9.93. The van der Waals surface area contributed by atoms with Gasteiger partial charge < -0.3 is 33.8 Å². The van der Waals surface area contributed by atoms with Gasteiger partial charge in [0.25, 0.3) is 0 Å². The van der Waals surface area contributed by atoms with Crippen LogP contribution in [0.15, 0.2) is 0 Å². The van der Waals surface area contributed by atoms with Gasteiger partial charge in [-0.2, -0.15) is 0 Å². The third-order valence-electron chi connectivity index (χ3n) is 20.7. The topological polar surface area (TPSA) is 237 Å². The van der Waals surface area contributed by atoms with Gasteiger partial charge in [-0.3, -0.25) is 37.3 Å². The van der Waals surface area contributed by atoms with Crippen LogP contribution >= 0.6 is 15.6 Å². The lowest BCUT2D eigenvalue weighted by Gasteiger charge is -2.21. The largest absolute Gasteiger partial charge is 0.472 e. The molecular formula is C87H170O17P2. The molecule has 6 atom stereocenters. The molecule has 0 fully saturated rings. The Morgan fingerprint density at radius 3 is 0.717 bits per heavy atom. The number of phosphoric acid groups is 2. The maximum absolute atomic E-state index is 13.2. The molecule has 17 nitrogen and oxygen atoms in total. The molecule has 19 heteroatoms. The number of rotatable bonds is 85. The Bertz CT molecular complexity index is 2050. The average Bonchev–Trinajstić information content (AvgIpc) is 0.738. The molecular weight excluding hydrogens is 1380 g/mol. The summed E-state index contributed by atoms with van der Waals surface area (Å²) in [6.07, 6.45) is 68.0. The molecule has 0 aromatic rings. The monoisotopic (exact) mass is 1550 g/mol. The quantitative estimate of drug-likeness (QED) is 0.0222. The Labute approximate surface area is 651 Å². The molecule has 0 bridgehead atoms. The number of carbonyl (C=O) groups is 4. The Morgan fingerprint density at radius 2 is 0.481 bits per heavy atom. The Morgan fingerprint density at radius 1 is 0.274 bits per heavy atom. The maximum Gasteiger partial charge on any atom is 0.472 e. The summed E-state index contributed by atoms with van der Waals surface area (Å²) in [5.74, 6) is 0.268. The van der Waals surface area contributed by atoms with Gasteiger partial charge in [0.05, 0.1) is 26.4 Å². The van der Waals surface area contributed by atoms with Crippen LogP contribution in [0.25, 0.3) is 0 Å². The normalized spacial score (nSPS) is 14.1. The van der Waals surface area contributed by atoms with Crippen molar-refractivity contribution in [1.29, 1.82) is 0 Å². The summed E-state index contributed by atoms with van der Waals surface area (Å²) in [6, 6.07) is 0. The zero-order valence-electron chi connectivity index (χ0n) is 69.9. The van der Waals surface area contributed by atoms with Gasteiger partial charge in [-0.25, -0.2) is 9.13 Å². The highest BCUT2D eigenvalue weighted by Gasteiger charge is 2.31. The van der Waals surface area contributed by atoms with Crippen molar-refractivity contribution in [3.63, 3.8) is 0 Å². The summed E-state index contributed by atoms with van der Waals surface area (Å²) in [6.45, 7) is 12.0. The van der Waals surface area contributed by atoms with Gasteiger partial charge in [0.2, 0.25) is 0 Å². The molecule has 3 N–H and O–H groups in total. The van der Waals surface area contributed by atoms with Crippen molar-refractivity contribution in [3.8, 4) is 0 Å². The summed E-state index contributed by atoms with van der Waals surface area (Å²) in [5, 5.41) is 10.7. The van der Waals surface area contributed by atoms with E-state index in [1.807, 2.05) is 0 Å². The predicted molar refractivity (Wildman–Crippen MR) is 437 cm³/mol. The molecule has 0 spiro atoms. The van der Waals surface area contributed by atoms with Gasteiger partial charge in [0, 0.05) is 25.7 Å². The number of phosphoric ester groups is 2. The average molecular weight is 1550 g/mol. The molecule has 630 valence electrons. The number of aliphatic hydroxyl groups is 1. The standard InChI is InChI=1S/C87H170O17P2/c1-8-10-11-12-13-14-15-16-17-18-19-20-21-22-30-35-40-49-56-63-70-86(91)103-82(74-97-84(89)68-61-54-47-39-34-29-26-24-28-33-38-46-53-60-67-80(7)9-2)76-101-105(93,94)99-72-81(88)73-100-106(95,96)102-77-83(75-98-85(90)69-62-55-48-43-42-45-52-59-66-79(5)6)104-87(92)71-64-57-50-41-36-31-25-23-27-32-37-44-51-58-65-78(3)4/h78-83,88H,8-77H2,1-7H3,(H,93,94)(H,95,96)/t80?,81-,82-,83-/m1/s1. The van der Waals surface area contributed by atoms with Gasteiger partial charge in [-0.1, -0.05) is 408 Å². The van der Waals surface area contributed by atoms with Crippen molar-refractivity contribution in [3.05, 3.63) is 0 Å². The Kier molecular flexibility index (Phi) is 75.6. The molecule has 0 heterocycles. The van der Waals surface area contributed by atoms with E-state index < -0.39 is 97.5 Å². The van der Waals surface area contributed by atoms with E-state index in [0.29, 0.717) is 25.7 Å². The van der Waals surface area contributed by atoms with Gasteiger partial charge >= 0.3 is 39.5 Å². The zero-order valence-corrected chi connectivity index (χ0v) is 71.7. The van der Waals surface area contributed by atoms with E-state index in [-0.39, 0.29) is 25.7 Å². The van der Waals surface area contributed by atoms with Crippen LogP contribution in [-0.2, 0) is 65.4 Å². The summed E-state index contributed by atoms with van der Waals surface area (Å²) in [5.41, 5.74) is 0. The SMILES string of the molecule is CCCCCCCCCCCCCCCCCCCCCCC(=O)O[C@H](COC(=O)CCCCCCCCCCCCCCCCC(C)CC)COP(=O)(O)OC[C@@H](O)COP(=O)(O)OC[C@@H](COC(=O)CCCCCCCCCCC(C)C)OC(=O)CCCCCCCCCCCCCCCCC(C)C. The van der Waals surface area contributed by atoms with Crippen LogP contribution < -0.4 is 0 Å². The first-order valence-electron chi connectivity index (χ1n) is 44.9. The van der Waals surface area contributed by atoms with Crippen molar-refractivity contribution in [1.82, 2.24) is 0 Å². The molecule has 3 unspecified atom stereocenters. The smallest absolute Gasteiger partial charge is 0.462 e. The minimum absolute atomic E-state index is 0.107. The zero-order chi connectivity index (χ0) is 77.9. The Balaban J connectivity index is 5.25. The van der Waals surface area contributed by atoms with Crippen LogP contribution in [0.4, 0.5) is 0 Å². The van der Waals surface area contributed by atoms with Crippen LogP contribution in [0.2, 0.25) is 0 Å². The second-order valence-corrected chi connectivity index (χ2v) is 35.4. The molecule has 0 aromatic carbocycles. The van der Waals surface area contributed by atoms with Crippen LogP contribution in [-0.4, -0.2) is 96.7 Å². The van der Waals surface area contributed by atoms with Crippen LogP contribution in [0.5, 0.6) is 0 Å². The molecule has 0 saturated heterocycles. The number of esters is 4. The minimum atomic E-state index is -4.97. The first kappa shape index (κ1) is 104. The molecule has 0 rings (SSSR count). The first-order chi connectivity index (χ1) is 51.3. The van der Waals surface area contributed by atoms with Crippen LogP contribution in [0, 0.1) is 17.8 Å². The highest BCUT2D eigenvalue weighted by Crippen LogP contribution is 2.45. The third kappa shape index (κ3) is 78.7. The summed E-state index contributed by atoms with van der Waals surface area (Å²) >= 11 is 0. The lowest BCUT2D eigenvalue weighted by Crippen LogP contribution is -2.30. The maximum atomic E-state index is 13.2. The fraction of sp³-hybridized carbons (Fsp3) is 0.954. The first-order valence-corrected chi connectivity index (χ1v) is 47.9. The second-order valence-electron chi connectivity index (χ2n) is 32.5. The van der Waals surface area contributed by atoms with Crippen molar-refractivity contribution in [2.75, 3.05) is 39.6 Å². The number of unbranched alkanes of at least 4 members (excludes halogenated alkanes) is 52. The minimum Gasteiger partial charge on any atom is -0.462 e. The molecule has 0 radical (unpaired) electrons. The van der Waals surface area contributed by atoms with E-state index >= 15 is 0 Å². The van der Waals surface area contributed by atoms with Crippen molar-refractivity contribution in [2.24, 2.45) is 17.8 Å². The van der Waals surface area contributed by atoms with Crippen molar-refractivity contribution in [2.45, 2.75) is 478 Å². The molecule has 0 aliphatic rings. The second kappa shape index (κ2) is 77.0. The van der Waals surface area contributed by atoms with E-state index in [4.69, 9.17) is 37.0 Å². The van der Waals surface area contributed by atoms with E-state index in [9.17, 15) is 43.2 Å². The van der Waals surface area contributed by atoms with Gasteiger partial charge in [0.15, 0.2) is 12.2 Å². The van der Waals surface area contributed by atoms with E-state index in [1.54, 1.807) is 0 Å². The van der Waals surface area contributed by atoms with Gasteiger partial charge in [0.1, 0.15) is 19.3 Å². The molecule has 106 heavy (non-hydrogen) atoms. The summed E-state index contributed by atoms with van der Waals surface area (Å²) in [4.78, 5) is 73.3. The highest BCUT2D eigenvalue weighted by molar-refractivity contribution is 7.47. The highest BCUT2D eigenvalue weighted by atomic mass is 31.2. The molecule has 0 saturated carbocycles. The van der Waals surface area contributed by atoms with Crippen LogP contribution in [0.1, 0.15) is 459 Å². The fourth-order valence-corrected chi connectivity index (χ4v) is 15.1. The molecule has 0 aliphatic carbocycles. The third-order valence-corrected chi connectivity index (χ3v) is 22.6. The van der Waals surface area contributed by atoms with Gasteiger partial charge in [-0.05, 0) is 43.4 Å². The molecule has 0 amide bonds. The number of hydrogen-bond donors (Lipinski definition) is 3. The fourth-order valence-electron chi connectivity index (χ4n) is 13.5. The summed E-state index contributed by atoms with van der Waals surface area (Å²) < 4.78 is 68.9.